The van der Waals surface area contributed by atoms with Crippen molar-refractivity contribution in [2.75, 3.05) is 17.8 Å². The fourth-order valence-electron chi connectivity index (χ4n) is 2.58. The molecule has 0 heterocycles. The molecule has 0 radical (unpaired) electrons. The first-order valence-corrected chi connectivity index (χ1v) is 10.0. The topological polar surface area (TPSA) is 92.6 Å². The van der Waals surface area contributed by atoms with Gasteiger partial charge >= 0.3 is 0 Å². The lowest BCUT2D eigenvalue weighted by Gasteiger charge is -2.18. The molecule has 0 unspecified atom stereocenters. The molecule has 7 nitrogen and oxygen atoms in total. The van der Waals surface area contributed by atoms with E-state index in [1.807, 2.05) is 12.1 Å². The summed E-state index contributed by atoms with van der Waals surface area (Å²) < 4.78 is 27.1. The van der Waals surface area contributed by atoms with Crippen LogP contribution in [0.1, 0.15) is 25.0 Å². The Hall–Kier alpha value is -2.45. The Labute approximate surface area is 153 Å². The summed E-state index contributed by atoms with van der Waals surface area (Å²) in [5, 5.41) is 10.8. The average molecular weight is 377 g/mol. The number of rotatable bonds is 9. The summed E-state index contributed by atoms with van der Waals surface area (Å²) in [6, 6.07) is 12.9. The Morgan fingerprint density at radius 2 is 1.69 bits per heavy atom. The molecule has 8 heteroatoms. The van der Waals surface area contributed by atoms with Crippen molar-refractivity contribution in [2.45, 2.75) is 26.1 Å². The summed E-state index contributed by atoms with van der Waals surface area (Å²) >= 11 is 0. The van der Waals surface area contributed by atoms with Gasteiger partial charge in [-0.1, -0.05) is 38.1 Å². The van der Waals surface area contributed by atoms with Gasteiger partial charge in [-0.3, -0.25) is 19.7 Å². The Morgan fingerprint density at radius 1 is 1.04 bits per heavy atom. The maximum Gasteiger partial charge on any atom is 0.269 e. The van der Waals surface area contributed by atoms with E-state index in [-0.39, 0.29) is 11.4 Å². The number of hydrogen-bond acceptors (Lipinski definition) is 5. The second-order valence-corrected chi connectivity index (χ2v) is 7.67. The van der Waals surface area contributed by atoms with Gasteiger partial charge in [-0.05, 0) is 36.3 Å². The minimum Gasteiger partial charge on any atom is -0.300 e. The maximum atomic E-state index is 12.3. The van der Waals surface area contributed by atoms with E-state index in [2.05, 4.69) is 23.5 Å². The first-order chi connectivity index (χ1) is 12.3. The number of nitrogens with one attached hydrogen (secondary N) is 1. The number of sulfonamides is 1. The molecule has 0 aliphatic heterocycles. The van der Waals surface area contributed by atoms with E-state index >= 15 is 0 Å². The van der Waals surface area contributed by atoms with Gasteiger partial charge in [0.05, 0.1) is 10.7 Å². The highest BCUT2D eigenvalue weighted by Crippen LogP contribution is 2.18. The highest BCUT2D eigenvalue weighted by Gasteiger charge is 2.14. The molecule has 0 aliphatic carbocycles. The number of hydrogen-bond donors (Lipinski definition) is 1. The molecule has 26 heavy (non-hydrogen) atoms. The average Bonchev–Trinajstić information content (AvgIpc) is 2.60. The van der Waals surface area contributed by atoms with Crippen LogP contribution in [0.2, 0.25) is 0 Å². The van der Waals surface area contributed by atoms with Crippen molar-refractivity contribution < 1.29 is 13.3 Å². The van der Waals surface area contributed by atoms with E-state index in [0.29, 0.717) is 11.3 Å². The quantitative estimate of drug-likeness (QED) is 0.534. The van der Waals surface area contributed by atoms with Gasteiger partial charge in [0, 0.05) is 24.4 Å². The van der Waals surface area contributed by atoms with Crippen molar-refractivity contribution in [3.8, 4) is 0 Å². The second-order valence-electron chi connectivity index (χ2n) is 5.95. The molecule has 2 aromatic rings. The van der Waals surface area contributed by atoms with Gasteiger partial charge in [0.2, 0.25) is 10.0 Å². The van der Waals surface area contributed by atoms with Crippen molar-refractivity contribution in [1.82, 2.24) is 4.90 Å². The molecule has 0 atom stereocenters. The molecular formula is C18H23N3O4S. The third-order valence-electron chi connectivity index (χ3n) is 4.01. The normalized spacial score (nSPS) is 11.5. The summed E-state index contributed by atoms with van der Waals surface area (Å²) in [5.74, 6) is -0.324. The summed E-state index contributed by atoms with van der Waals surface area (Å²) in [5.41, 5.74) is 1.82. The lowest BCUT2D eigenvalue weighted by atomic mass is 10.2. The molecule has 0 bridgehead atoms. The van der Waals surface area contributed by atoms with Gasteiger partial charge in [-0.15, -0.1) is 0 Å². The standard InChI is InChI=1S/C18H23N3O4S/c1-3-20(4-2)13-15-8-10-17(11-9-15)19-26(24,25)14-16-6-5-7-18(12-16)21(22)23/h5-12,19H,3-4,13-14H2,1-2H3. The largest absolute Gasteiger partial charge is 0.300 e. The first-order valence-electron chi connectivity index (χ1n) is 8.38. The number of non-ortho nitro benzene ring substituents is 1. The molecule has 0 aromatic heterocycles. The fourth-order valence-corrected chi connectivity index (χ4v) is 3.76. The zero-order valence-electron chi connectivity index (χ0n) is 14.9. The lowest BCUT2D eigenvalue weighted by molar-refractivity contribution is -0.384. The Balaban J connectivity index is 2.05. The van der Waals surface area contributed by atoms with Crippen molar-refractivity contribution in [1.29, 1.82) is 0 Å². The van der Waals surface area contributed by atoms with Crippen LogP contribution in [0.15, 0.2) is 48.5 Å². The Morgan fingerprint density at radius 3 is 2.27 bits per heavy atom. The maximum absolute atomic E-state index is 12.3. The predicted octanol–water partition coefficient (Wildman–Crippen LogP) is 3.38. The highest BCUT2D eigenvalue weighted by atomic mass is 32.2. The highest BCUT2D eigenvalue weighted by molar-refractivity contribution is 7.91. The minimum atomic E-state index is -3.66. The van der Waals surface area contributed by atoms with Crippen LogP contribution in [0.25, 0.3) is 0 Å². The number of benzene rings is 2. The van der Waals surface area contributed by atoms with Crippen LogP contribution in [0, 0.1) is 10.1 Å². The van der Waals surface area contributed by atoms with Crippen molar-refractivity contribution >= 4 is 21.4 Å². The molecule has 0 saturated heterocycles. The summed E-state index contributed by atoms with van der Waals surface area (Å²) in [4.78, 5) is 12.5. The first kappa shape index (κ1) is 19.9. The monoisotopic (exact) mass is 377 g/mol. The molecule has 0 amide bonds. The van der Waals surface area contributed by atoms with Crippen LogP contribution in [0.5, 0.6) is 0 Å². The van der Waals surface area contributed by atoms with E-state index < -0.39 is 14.9 Å². The molecule has 2 rings (SSSR count). The van der Waals surface area contributed by atoms with Gasteiger partial charge in [0.25, 0.3) is 5.69 Å². The van der Waals surface area contributed by atoms with Crippen LogP contribution >= 0.6 is 0 Å². The van der Waals surface area contributed by atoms with E-state index in [4.69, 9.17) is 0 Å². The summed E-state index contributed by atoms with van der Waals surface area (Å²) in [7, 11) is -3.66. The summed E-state index contributed by atoms with van der Waals surface area (Å²) in [6.07, 6.45) is 0. The number of nitrogens with zero attached hydrogens (tertiary/aromatic N) is 2. The summed E-state index contributed by atoms with van der Waals surface area (Å²) in [6.45, 7) is 6.91. The Kier molecular flexibility index (Phi) is 6.70. The zero-order valence-corrected chi connectivity index (χ0v) is 15.7. The SMILES string of the molecule is CCN(CC)Cc1ccc(NS(=O)(=O)Cc2cccc([N+](=O)[O-])c2)cc1. The minimum absolute atomic E-state index is 0.126. The molecule has 2 aromatic carbocycles. The van der Waals surface area contributed by atoms with E-state index in [1.54, 1.807) is 18.2 Å². The molecule has 140 valence electrons. The molecule has 0 spiro atoms. The van der Waals surface area contributed by atoms with E-state index in [0.717, 1.165) is 25.2 Å². The van der Waals surface area contributed by atoms with Crippen molar-refractivity contribution in [3.05, 3.63) is 69.8 Å². The van der Waals surface area contributed by atoms with E-state index in [1.165, 1.54) is 18.2 Å². The number of nitro groups is 1. The van der Waals surface area contributed by atoms with Crippen molar-refractivity contribution in [2.24, 2.45) is 0 Å². The number of nitro benzene ring substituents is 1. The van der Waals surface area contributed by atoms with Gasteiger partial charge in [0.1, 0.15) is 0 Å². The lowest BCUT2D eigenvalue weighted by Crippen LogP contribution is -2.22. The van der Waals surface area contributed by atoms with Crippen LogP contribution in [0.4, 0.5) is 11.4 Å². The van der Waals surface area contributed by atoms with Gasteiger partial charge in [-0.2, -0.15) is 0 Å². The molecule has 0 aliphatic rings. The molecule has 0 saturated carbocycles. The van der Waals surface area contributed by atoms with E-state index in [9.17, 15) is 18.5 Å². The third-order valence-corrected chi connectivity index (χ3v) is 5.27. The van der Waals surface area contributed by atoms with Crippen molar-refractivity contribution in [3.63, 3.8) is 0 Å². The molecular weight excluding hydrogens is 354 g/mol. The van der Waals surface area contributed by atoms with Crippen LogP contribution in [-0.4, -0.2) is 31.3 Å². The molecule has 0 fully saturated rings. The predicted molar refractivity (Wildman–Crippen MR) is 102 cm³/mol. The third kappa shape index (κ3) is 5.82. The smallest absolute Gasteiger partial charge is 0.269 e. The Bertz CT molecular complexity index is 847. The zero-order chi connectivity index (χ0) is 19.2. The van der Waals surface area contributed by atoms with Crippen LogP contribution in [0.3, 0.4) is 0 Å². The second kappa shape index (κ2) is 8.77. The fraction of sp³-hybridized carbons (Fsp3) is 0.333. The van der Waals surface area contributed by atoms with Gasteiger partial charge in [-0.25, -0.2) is 8.42 Å². The number of anilines is 1. The van der Waals surface area contributed by atoms with Crippen LogP contribution in [-0.2, 0) is 22.3 Å². The molecule has 1 N–H and O–H groups in total. The van der Waals surface area contributed by atoms with Crippen LogP contribution < -0.4 is 4.72 Å². The van der Waals surface area contributed by atoms with Gasteiger partial charge in [0.15, 0.2) is 0 Å². The van der Waals surface area contributed by atoms with Gasteiger partial charge < -0.3 is 0 Å².